The van der Waals surface area contributed by atoms with Gasteiger partial charge in [0.05, 0.1) is 6.61 Å². The Morgan fingerprint density at radius 2 is 1.72 bits per heavy atom. The molecule has 18 heavy (non-hydrogen) atoms. The normalized spacial score (nSPS) is 10.4. The number of hydrogen-bond donors (Lipinski definition) is 0. The lowest BCUT2D eigenvalue weighted by atomic mass is 10.0. The highest BCUT2D eigenvalue weighted by Gasteiger charge is 2.00. The van der Waals surface area contributed by atoms with Gasteiger partial charge in [-0.3, -0.25) is 0 Å². The van der Waals surface area contributed by atoms with Crippen LogP contribution < -0.4 is 4.74 Å². The second-order valence-corrected chi connectivity index (χ2v) is 5.40. The molecule has 0 bridgehead atoms. The van der Waals surface area contributed by atoms with Crippen molar-refractivity contribution in [1.82, 2.24) is 0 Å². The second kappa shape index (κ2) is 6.05. The molecule has 0 aliphatic rings. The lowest BCUT2D eigenvalue weighted by Crippen LogP contribution is -2.03. The van der Waals surface area contributed by atoms with Crippen LogP contribution in [0.25, 0.3) is 0 Å². The fraction of sp³-hybridized carbons (Fsp3) is 0.250. The Kier molecular flexibility index (Phi) is 4.43. The van der Waals surface area contributed by atoms with Crippen molar-refractivity contribution in [3.63, 3.8) is 0 Å². The Morgan fingerprint density at radius 1 is 1.00 bits per heavy atom. The first-order valence-corrected chi connectivity index (χ1v) is 6.89. The maximum Gasteiger partial charge on any atom is 0.119 e. The zero-order valence-electron chi connectivity index (χ0n) is 10.7. The first-order valence-electron chi connectivity index (χ1n) is 6.09. The van der Waals surface area contributed by atoms with Crippen molar-refractivity contribution in [2.45, 2.75) is 20.3 Å². The highest BCUT2D eigenvalue weighted by atomic mass is 79.9. The highest BCUT2D eigenvalue weighted by Crippen LogP contribution is 2.17. The number of aryl methyl sites for hydroxylation is 2. The fourth-order valence-corrected chi connectivity index (χ4v) is 2.14. The lowest BCUT2D eigenvalue weighted by Gasteiger charge is -2.09. The summed E-state index contributed by atoms with van der Waals surface area (Å²) in [5, 5.41) is 0. The molecule has 2 aromatic rings. The minimum atomic E-state index is 0.714. The van der Waals surface area contributed by atoms with Crippen molar-refractivity contribution in [1.29, 1.82) is 0 Å². The van der Waals surface area contributed by atoms with Gasteiger partial charge in [0.15, 0.2) is 0 Å². The Balaban J connectivity index is 1.92. The molecule has 1 nitrogen and oxygen atoms in total. The van der Waals surface area contributed by atoms with Crippen LogP contribution in [0.1, 0.15) is 16.7 Å². The Morgan fingerprint density at radius 3 is 2.44 bits per heavy atom. The van der Waals surface area contributed by atoms with E-state index in [1.54, 1.807) is 0 Å². The maximum atomic E-state index is 5.74. The fourth-order valence-electron chi connectivity index (χ4n) is 1.88. The minimum absolute atomic E-state index is 0.714. The summed E-state index contributed by atoms with van der Waals surface area (Å²) >= 11 is 3.41. The molecular formula is C16H17BrO. The summed E-state index contributed by atoms with van der Waals surface area (Å²) in [5.41, 5.74) is 4.01. The van der Waals surface area contributed by atoms with Crippen LogP contribution in [0.5, 0.6) is 5.75 Å². The van der Waals surface area contributed by atoms with E-state index in [4.69, 9.17) is 4.74 Å². The summed E-state index contributed by atoms with van der Waals surface area (Å²) in [6, 6.07) is 14.5. The zero-order chi connectivity index (χ0) is 13.0. The second-order valence-electron chi connectivity index (χ2n) is 4.48. The van der Waals surface area contributed by atoms with Crippen LogP contribution in [0.15, 0.2) is 46.9 Å². The highest BCUT2D eigenvalue weighted by molar-refractivity contribution is 9.10. The third-order valence-corrected chi connectivity index (χ3v) is 3.49. The van der Waals surface area contributed by atoms with E-state index >= 15 is 0 Å². The summed E-state index contributed by atoms with van der Waals surface area (Å²) < 4.78 is 6.81. The standard InChI is InChI=1S/C16H17BrO/c1-12-3-4-13(2)14(11-12)9-10-18-16-7-5-15(17)6-8-16/h3-8,11H,9-10H2,1-2H3. The molecular weight excluding hydrogens is 288 g/mol. The maximum absolute atomic E-state index is 5.74. The molecule has 0 saturated carbocycles. The van der Waals surface area contributed by atoms with E-state index < -0.39 is 0 Å². The van der Waals surface area contributed by atoms with Gasteiger partial charge in [-0.15, -0.1) is 0 Å². The number of benzene rings is 2. The summed E-state index contributed by atoms with van der Waals surface area (Å²) in [4.78, 5) is 0. The van der Waals surface area contributed by atoms with Crippen molar-refractivity contribution < 1.29 is 4.74 Å². The van der Waals surface area contributed by atoms with Crippen molar-refractivity contribution in [3.8, 4) is 5.75 Å². The van der Waals surface area contributed by atoms with Crippen LogP contribution in [0.4, 0.5) is 0 Å². The average Bonchev–Trinajstić information content (AvgIpc) is 2.36. The average molecular weight is 305 g/mol. The van der Waals surface area contributed by atoms with Gasteiger partial charge in [0.2, 0.25) is 0 Å². The first kappa shape index (κ1) is 13.2. The van der Waals surface area contributed by atoms with Gasteiger partial charge >= 0.3 is 0 Å². The van der Waals surface area contributed by atoms with Crippen LogP contribution in [0, 0.1) is 13.8 Å². The monoisotopic (exact) mass is 304 g/mol. The summed E-state index contributed by atoms with van der Waals surface area (Å²) in [7, 11) is 0. The lowest BCUT2D eigenvalue weighted by molar-refractivity contribution is 0.321. The zero-order valence-corrected chi connectivity index (χ0v) is 12.3. The SMILES string of the molecule is Cc1ccc(C)c(CCOc2ccc(Br)cc2)c1. The smallest absolute Gasteiger partial charge is 0.119 e. The predicted molar refractivity (Wildman–Crippen MR) is 79.3 cm³/mol. The molecule has 0 unspecified atom stereocenters. The van der Waals surface area contributed by atoms with E-state index in [0.29, 0.717) is 6.61 Å². The van der Waals surface area contributed by atoms with Gasteiger partial charge in [-0.25, -0.2) is 0 Å². The van der Waals surface area contributed by atoms with Crippen LogP contribution >= 0.6 is 15.9 Å². The van der Waals surface area contributed by atoms with Gasteiger partial charge < -0.3 is 4.74 Å². The molecule has 0 atom stereocenters. The van der Waals surface area contributed by atoms with Gasteiger partial charge in [-0.2, -0.15) is 0 Å². The van der Waals surface area contributed by atoms with Gasteiger partial charge in [0.1, 0.15) is 5.75 Å². The van der Waals surface area contributed by atoms with Gasteiger partial charge in [0, 0.05) is 10.9 Å². The van der Waals surface area contributed by atoms with E-state index in [9.17, 15) is 0 Å². The third kappa shape index (κ3) is 3.61. The molecule has 0 radical (unpaired) electrons. The van der Waals surface area contributed by atoms with Crippen LogP contribution in [0.2, 0.25) is 0 Å². The minimum Gasteiger partial charge on any atom is -0.493 e. The molecule has 0 aliphatic carbocycles. The third-order valence-electron chi connectivity index (χ3n) is 2.96. The van der Waals surface area contributed by atoms with E-state index in [2.05, 4.69) is 48.0 Å². The molecule has 0 aromatic heterocycles. The quantitative estimate of drug-likeness (QED) is 0.796. The molecule has 0 spiro atoms. The van der Waals surface area contributed by atoms with Gasteiger partial charge in [-0.05, 0) is 49.2 Å². The van der Waals surface area contributed by atoms with Crippen LogP contribution in [-0.4, -0.2) is 6.61 Å². The molecule has 2 heteroatoms. The predicted octanol–water partition coefficient (Wildman–Crippen LogP) is 4.69. The Labute approximate surface area is 117 Å². The van der Waals surface area contributed by atoms with Gasteiger partial charge in [-0.1, -0.05) is 39.7 Å². The molecule has 2 aromatic carbocycles. The summed E-state index contributed by atoms with van der Waals surface area (Å²) in [5.74, 6) is 0.920. The van der Waals surface area contributed by atoms with Crippen LogP contribution in [0.3, 0.4) is 0 Å². The summed E-state index contributed by atoms with van der Waals surface area (Å²) in [6.07, 6.45) is 0.948. The summed E-state index contributed by atoms with van der Waals surface area (Å²) in [6.45, 7) is 4.98. The van der Waals surface area contributed by atoms with E-state index in [0.717, 1.165) is 16.6 Å². The van der Waals surface area contributed by atoms with Crippen LogP contribution in [-0.2, 0) is 6.42 Å². The molecule has 2 rings (SSSR count). The molecule has 0 N–H and O–H groups in total. The van der Waals surface area contributed by atoms with Crippen molar-refractivity contribution in [2.24, 2.45) is 0 Å². The first-order chi connectivity index (χ1) is 8.65. The van der Waals surface area contributed by atoms with Gasteiger partial charge in [0.25, 0.3) is 0 Å². The van der Waals surface area contributed by atoms with Crippen molar-refractivity contribution in [2.75, 3.05) is 6.61 Å². The molecule has 0 saturated heterocycles. The van der Waals surface area contributed by atoms with Crippen molar-refractivity contribution in [3.05, 3.63) is 63.6 Å². The number of hydrogen-bond acceptors (Lipinski definition) is 1. The molecule has 0 aliphatic heterocycles. The number of rotatable bonds is 4. The molecule has 0 heterocycles. The molecule has 0 amide bonds. The van der Waals surface area contributed by atoms with E-state index in [1.165, 1.54) is 16.7 Å². The van der Waals surface area contributed by atoms with E-state index in [-0.39, 0.29) is 0 Å². The Hall–Kier alpha value is -1.28. The number of halogens is 1. The topological polar surface area (TPSA) is 9.23 Å². The Bertz CT molecular complexity index is 517. The van der Waals surface area contributed by atoms with Crippen molar-refractivity contribution >= 4 is 15.9 Å². The number of ether oxygens (including phenoxy) is 1. The van der Waals surface area contributed by atoms with E-state index in [1.807, 2.05) is 24.3 Å². The molecule has 94 valence electrons. The molecule has 0 fully saturated rings. The largest absolute Gasteiger partial charge is 0.493 e.